The minimum Gasteiger partial charge on any atom is -0.486 e. The number of carbonyl (C=O) groups excluding carboxylic acids is 1. The van der Waals surface area contributed by atoms with Crippen LogP contribution in [0.2, 0.25) is 0 Å². The highest BCUT2D eigenvalue weighted by Gasteiger charge is 2.37. The lowest BCUT2D eigenvalue weighted by Gasteiger charge is -2.31. The number of aromatic nitrogens is 3. The number of fused-ring (bicyclic) bond motifs is 1. The molecular formula is C24H30N4O3S. The van der Waals surface area contributed by atoms with Crippen LogP contribution in [-0.4, -0.2) is 46.2 Å². The van der Waals surface area contributed by atoms with Crippen LogP contribution >= 0.6 is 11.8 Å². The molecule has 0 bridgehead atoms. The fraction of sp³-hybridized carbons (Fsp3) is 0.542. The molecule has 2 aromatic rings. The monoisotopic (exact) mass is 454 g/mol. The van der Waals surface area contributed by atoms with Crippen molar-refractivity contribution < 1.29 is 14.3 Å². The zero-order valence-corrected chi connectivity index (χ0v) is 19.2. The summed E-state index contributed by atoms with van der Waals surface area (Å²) in [6, 6.07) is 6.25. The van der Waals surface area contributed by atoms with E-state index in [4.69, 9.17) is 9.47 Å². The van der Waals surface area contributed by atoms with Crippen LogP contribution in [0.15, 0.2) is 36.0 Å². The van der Waals surface area contributed by atoms with E-state index < -0.39 is 0 Å². The first-order valence-corrected chi connectivity index (χ1v) is 12.5. The number of amides is 1. The molecule has 2 heterocycles. The Morgan fingerprint density at radius 3 is 2.75 bits per heavy atom. The van der Waals surface area contributed by atoms with Gasteiger partial charge in [0.25, 0.3) is 0 Å². The van der Waals surface area contributed by atoms with E-state index in [0.29, 0.717) is 38.0 Å². The highest BCUT2D eigenvalue weighted by Crippen LogP contribution is 2.44. The van der Waals surface area contributed by atoms with Crippen molar-refractivity contribution in [2.45, 2.75) is 61.6 Å². The molecule has 1 aromatic heterocycles. The maximum Gasteiger partial charge on any atom is 0.230 e. The Morgan fingerprint density at radius 2 is 2.00 bits per heavy atom. The Bertz CT molecular complexity index is 995. The van der Waals surface area contributed by atoms with Crippen molar-refractivity contribution in [1.29, 1.82) is 0 Å². The Morgan fingerprint density at radius 1 is 1.22 bits per heavy atom. The summed E-state index contributed by atoms with van der Waals surface area (Å²) < 4.78 is 13.6. The van der Waals surface area contributed by atoms with E-state index >= 15 is 0 Å². The second-order valence-electron chi connectivity index (χ2n) is 8.93. The second-order valence-corrected chi connectivity index (χ2v) is 9.87. The summed E-state index contributed by atoms with van der Waals surface area (Å²) in [5.41, 5.74) is 1.19. The van der Waals surface area contributed by atoms with Crippen LogP contribution in [0.25, 0.3) is 0 Å². The first-order valence-electron chi connectivity index (χ1n) is 11.5. The minimum atomic E-state index is -0.0435. The van der Waals surface area contributed by atoms with E-state index in [0.717, 1.165) is 35.3 Å². The third-order valence-electron chi connectivity index (χ3n) is 6.67. The fourth-order valence-corrected chi connectivity index (χ4v) is 5.58. The molecule has 1 amide bonds. The summed E-state index contributed by atoms with van der Waals surface area (Å²) in [4.78, 5) is 12.7. The van der Waals surface area contributed by atoms with Gasteiger partial charge < -0.3 is 19.4 Å². The molecule has 32 heavy (non-hydrogen) atoms. The van der Waals surface area contributed by atoms with Gasteiger partial charge in [0, 0.05) is 24.4 Å². The number of carbonyl (C=O) groups is 1. The van der Waals surface area contributed by atoms with Crippen molar-refractivity contribution in [2.75, 3.05) is 25.5 Å². The topological polar surface area (TPSA) is 78.3 Å². The zero-order chi connectivity index (χ0) is 22.0. The van der Waals surface area contributed by atoms with Gasteiger partial charge in [-0.2, -0.15) is 0 Å². The summed E-state index contributed by atoms with van der Waals surface area (Å²) in [6.07, 6.45) is 8.68. The van der Waals surface area contributed by atoms with Gasteiger partial charge in [0.2, 0.25) is 5.91 Å². The number of thioether (sulfide) groups is 1. The van der Waals surface area contributed by atoms with Crippen molar-refractivity contribution in [2.24, 2.45) is 0 Å². The number of rotatable bonds is 9. The van der Waals surface area contributed by atoms with Crippen molar-refractivity contribution in [3.8, 4) is 11.5 Å². The Balaban J connectivity index is 1.22. The summed E-state index contributed by atoms with van der Waals surface area (Å²) in [5, 5.41) is 12.7. The van der Waals surface area contributed by atoms with Crippen LogP contribution in [-0.2, 0) is 16.8 Å². The molecule has 0 atom stereocenters. The van der Waals surface area contributed by atoms with Gasteiger partial charge >= 0.3 is 0 Å². The van der Waals surface area contributed by atoms with Gasteiger partial charge in [0.15, 0.2) is 16.7 Å². The van der Waals surface area contributed by atoms with Gasteiger partial charge in [-0.15, -0.1) is 16.8 Å². The molecule has 0 spiro atoms. The van der Waals surface area contributed by atoms with Crippen LogP contribution in [0.1, 0.15) is 55.8 Å². The number of hydrogen-bond acceptors (Lipinski definition) is 6. The van der Waals surface area contributed by atoms with E-state index in [9.17, 15) is 4.79 Å². The first kappa shape index (κ1) is 21.4. The van der Waals surface area contributed by atoms with Gasteiger partial charge in [-0.3, -0.25) is 4.79 Å². The van der Waals surface area contributed by atoms with Gasteiger partial charge in [-0.05, 0) is 43.4 Å². The molecule has 0 unspecified atom stereocenters. The van der Waals surface area contributed by atoms with Crippen LogP contribution in [0.5, 0.6) is 11.5 Å². The van der Waals surface area contributed by atoms with Gasteiger partial charge in [0.05, 0.1) is 5.75 Å². The van der Waals surface area contributed by atoms with Crippen molar-refractivity contribution in [3.05, 3.63) is 42.2 Å². The largest absolute Gasteiger partial charge is 0.486 e. The number of ether oxygens (including phenoxy) is 2. The average Bonchev–Trinajstić information content (AvgIpc) is 3.41. The lowest BCUT2D eigenvalue weighted by atomic mass is 9.78. The SMILES string of the molecule is C=CCn1c(SCC(=O)NCC2(c3ccc4c(c3)OCCO4)CCCC2)nnc1C1CC1. The maximum absolute atomic E-state index is 12.7. The van der Waals surface area contributed by atoms with E-state index in [2.05, 4.69) is 38.8 Å². The molecule has 0 radical (unpaired) electrons. The molecule has 2 fully saturated rings. The standard InChI is InChI=1S/C24H30N4O3S/c1-2-11-28-22(17-5-6-17)26-27-23(28)32-15-21(29)25-16-24(9-3-4-10-24)18-7-8-19-20(14-18)31-13-12-30-19/h2,7-8,14,17H,1,3-6,9-13,15-16H2,(H,25,29). The molecular weight excluding hydrogens is 424 g/mol. The molecule has 170 valence electrons. The number of benzene rings is 1. The van der Waals surface area contributed by atoms with E-state index in [1.807, 2.05) is 12.1 Å². The van der Waals surface area contributed by atoms with Gasteiger partial charge in [-0.25, -0.2) is 0 Å². The summed E-state index contributed by atoms with van der Waals surface area (Å²) in [7, 11) is 0. The molecule has 8 heteroatoms. The zero-order valence-electron chi connectivity index (χ0n) is 18.3. The van der Waals surface area contributed by atoms with Crippen LogP contribution in [0.3, 0.4) is 0 Å². The highest BCUT2D eigenvalue weighted by atomic mass is 32.2. The molecule has 5 rings (SSSR count). The summed E-state index contributed by atoms with van der Waals surface area (Å²) in [5.74, 6) is 3.52. The maximum atomic E-state index is 12.7. The normalized spacial score (nSPS) is 19.0. The Labute approximate surface area is 193 Å². The van der Waals surface area contributed by atoms with E-state index in [1.54, 1.807) is 0 Å². The van der Waals surface area contributed by atoms with Crippen molar-refractivity contribution in [3.63, 3.8) is 0 Å². The number of hydrogen-bond donors (Lipinski definition) is 1. The van der Waals surface area contributed by atoms with Crippen molar-refractivity contribution >= 4 is 17.7 Å². The quantitative estimate of drug-likeness (QED) is 0.458. The minimum absolute atomic E-state index is 0.0277. The fourth-order valence-electron chi connectivity index (χ4n) is 4.79. The van der Waals surface area contributed by atoms with Crippen LogP contribution < -0.4 is 14.8 Å². The average molecular weight is 455 g/mol. The summed E-state index contributed by atoms with van der Waals surface area (Å²) in [6.45, 7) is 6.33. The number of nitrogens with one attached hydrogen (secondary N) is 1. The van der Waals surface area contributed by atoms with Gasteiger partial charge in [-0.1, -0.05) is 36.7 Å². The smallest absolute Gasteiger partial charge is 0.230 e. The predicted octanol–water partition coefficient (Wildman–Crippen LogP) is 3.83. The molecule has 1 aliphatic heterocycles. The molecule has 2 aliphatic carbocycles. The molecule has 7 nitrogen and oxygen atoms in total. The number of allylic oxidation sites excluding steroid dienone is 1. The molecule has 3 aliphatic rings. The van der Waals surface area contributed by atoms with Crippen molar-refractivity contribution in [1.82, 2.24) is 20.1 Å². The van der Waals surface area contributed by atoms with E-state index in [1.165, 1.54) is 43.0 Å². The highest BCUT2D eigenvalue weighted by molar-refractivity contribution is 7.99. The lowest BCUT2D eigenvalue weighted by Crippen LogP contribution is -2.39. The molecule has 1 aromatic carbocycles. The summed E-state index contributed by atoms with van der Waals surface area (Å²) >= 11 is 1.45. The molecule has 0 saturated heterocycles. The van der Waals surface area contributed by atoms with Crippen LogP contribution in [0.4, 0.5) is 0 Å². The lowest BCUT2D eigenvalue weighted by molar-refractivity contribution is -0.118. The Kier molecular flexibility index (Phi) is 6.13. The third-order valence-corrected chi connectivity index (χ3v) is 7.64. The number of nitrogens with zero attached hydrogens (tertiary/aromatic N) is 3. The predicted molar refractivity (Wildman–Crippen MR) is 124 cm³/mol. The van der Waals surface area contributed by atoms with E-state index in [-0.39, 0.29) is 11.3 Å². The Hall–Kier alpha value is -2.48. The van der Waals surface area contributed by atoms with Gasteiger partial charge in [0.1, 0.15) is 19.0 Å². The second kappa shape index (κ2) is 9.17. The molecule has 1 N–H and O–H groups in total. The first-order chi connectivity index (χ1) is 15.7. The molecule has 2 saturated carbocycles. The van der Waals surface area contributed by atoms with Crippen LogP contribution in [0, 0.1) is 0 Å². The third kappa shape index (κ3) is 4.37.